The van der Waals surface area contributed by atoms with Crippen LogP contribution in [0.3, 0.4) is 0 Å². The first-order chi connectivity index (χ1) is 11.7. The smallest absolute Gasteiger partial charge is 0.246 e. The van der Waals surface area contributed by atoms with Gasteiger partial charge in [0, 0.05) is 25.0 Å². The van der Waals surface area contributed by atoms with E-state index in [1.54, 1.807) is 11.9 Å². The molecule has 2 rings (SSSR count). The van der Waals surface area contributed by atoms with Crippen molar-refractivity contribution in [2.75, 3.05) is 43.6 Å². The van der Waals surface area contributed by atoms with E-state index in [0.717, 1.165) is 17.1 Å². The average molecular weight is 328 g/mol. The quantitative estimate of drug-likeness (QED) is 0.718. The predicted molar refractivity (Wildman–Crippen MR) is 96.8 cm³/mol. The van der Waals surface area contributed by atoms with E-state index in [9.17, 15) is 4.79 Å². The van der Waals surface area contributed by atoms with Crippen molar-refractivity contribution in [3.8, 4) is 5.75 Å². The van der Waals surface area contributed by atoms with Crippen molar-refractivity contribution < 1.29 is 14.3 Å². The van der Waals surface area contributed by atoms with Gasteiger partial charge < -0.3 is 19.7 Å². The number of ether oxygens (including phenoxy) is 2. The lowest BCUT2D eigenvalue weighted by molar-refractivity contribution is -0.116. The molecular weight excluding hydrogens is 304 g/mol. The number of likely N-dealkylation sites (N-methyl/N-ethyl adjacent to an activating group) is 1. The van der Waals surface area contributed by atoms with E-state index in [0.29, 0.717) is 19.8 Å². The van der Waals surface area contributed by atoms with Crippen molar-refractivity contribution in [2.24, 2.45) is 0 Å². The Bertz CT molecular complexity index is 614. The van der Waals surface area contributed by atoms with Crippen LogP contribution in [0.15, 0.2) is 54.6 Å². The zero-order chi connectivity index (χ0) is 17.2. The molecule has 0 fully saturated rings. The van der Waals surface area contributed by atoms with Crippen molar-refractivity contribution in [3.05, 3.63) is 54.6 Å². The lowest BCUT2D eigenvalue weighted by Gasteiger charge is -2.18. The van der Waals surface area contributed by atoms with Gasteiger partial charge in [0.05, 0.1) is 13.2 Å². The van der Waals surface area contributed by atoms with E-state index in [4.69, 9.17) is 9.47 Å². The van der Waals surface area contributed by atoms with Crippen LogP contribution in [-0.2, 0) is 9.53 Å². The summed E-state index contributed by atoms with van der Waals surface area (Å²) in [7, 11) is 1.77. The number of carbonyl (C=O) groups is 1. The summed E-state index contributed by atoms with van der Waals surface area (Å²) in [6.07, 6.45) is 0. The van der Waals surface area contributed by atoms with Gasteiger partial charge in [0.2, 0.25) is 5.91 Å². The minimum Gasteiger partial charge on any atom is -0.491 e. The van der Waals surface area contributed by atoms with Crippen LogP contribution in [0, 0.1) is 0 Å². The van der Waals surface area contributed by atoms with Crippen LogP contribution in [0.4, 0.5) is 11.4 Å². The molecule has 0 saturated carbocycles. The molecule has 0 heterocycles. The van der Waals surface area contributed by atoms with Gasteiger partial charge in [-0.3, -0.25) is 4.79 Å². The van der Waals surface area contributed by atoms with Gasteiger partial charge in [-0.2, -0.15) is 0 Å². The molecule has 0 bridgehead atoms. The van der Waals surface area contributed by atoms with Crippen LogP contribution < -0.4 is 15.0 Å². The second-order valence-corrected chi connectivity index (χ2v) is 5.21. The van der Waals surface area contributed by atoms with Crippen molar-refractivity contribution in [1.29, 1.82) is 0 Å². The van der Waals surface area contributed by atoms with Crippen molar-refractivity contribution in [1.82, 2.24) is 0 Å². The molecule has 0 aromatic heterocycles. The Morgan fingerprint density at radius 3 is 2.42 bits per heavy atom. The van der Waals surface area contributed by atoms with Crippen LogP contribution in [0.5, 0.6) is 5.75 Å². The maximum atomic E-state index is 12.2. The number of hydrogen-bond donors (Lipinski definition) is 1. The molecule has 128 valence electrons. The van der Waals surface area contributed by atoms with Crippen molar-refractivity contribution >= 4 is 17.3 Å². The predicted octanol–water partition coefficient (Wildman–Crippen LogP) is 3.18. The highest BCUT2D eigenvalue weighted by molar-refractivity contribution is 5.95. The van der Waals surface area contributed by atoms with Crippen LogP contribution in [-0.4, -0.2) is 39.3 Å². The van der Waals surface area contributed by atoms with Crippen molar-refractivity contribution in [3.63, 3.8) is 0 Å². The summed E-state index contributed by atoms with van der Waals surface area (Å²) >= 11 is 0. The fourth-order valence-electron chi connectivity index (χ4n) is 2.12. The van der Waals surface area contributed by atoms with Gasteiger partial charge in [0.1, 0.15) is 12.4 Å². The molecule has 1 N–H and O–H groups in total. The van der Waals surface area contributed by atoms with E-state index >= 15 is 0 Å². The van der Waals surface area contributed by atoms with E-state index in [1.165, 1.54) is 0 Å². The first-order valence-electron chi connectivity index (χ1n) is 8.06. The molecule has 0 aliphatic carbocycles. The maximum Gasteiger partial charge on any atom is 0.246 e. The summed E-state index contributed by atoms with van der Waals surface area (Å²) in [5.41, 5.74) is 1.75. The normalized spacial score (nSPS) is 10.2. The number of nitrogens with zero attached hydrogens (tertiary/aromatic N) is 1. The van der Waals surface area contributed by atoms with Crippen molar-refractivity contribution in [2.45, 2.75) is 6.92 Å². The number of anilines is 2. The third kappa shape index (κ3) is 5.59. The fraction of sp³-hybridized carbons (Fsp3) is 0.316. The van der Waals surface area contributed by atoms with Gasteiger partial charge in [-0.15, -0.1) is 0 Å². The highest BCUT2D eigenvalue weighted by atomic mass is 16.5. The third-order valence-corrected chi connectivity index (χ3v) is 3.52. The van der Waals surface area contributed by atoms with E-state index < -0.39 is 0 Å². The summed E-state index contributed by atoms with van der Waals surface area (Å²) in [5, 5.41) is 3.13. The summed E-state index contributed by atoms with van der Waals surface area (Å²) in [5.74, 6) is 0.784. The number of rotatable bonds is 9. The zero-order valence-corrected chi connectivity index (χ0v) is 14.2. The number of benzene rings is 2. The molecule has 0 radical (unpaired) electrons. The Labute approximate surface area is 143 Å². The van der Waals surface area contributed by atoms with Gasteiger partial charge in [-0.05, 0) is 43.3 Å². The van der Waals surface area contributed by atoms with Gasteiger partial charge >= 0.3 is 0 Å². The van der Waals surface area contributed by atoms with Gasteiger partial charge in [-0.1, -0.05) is 18.2 Å². The van der Waals surface area contributed by atoms with Crippen LogP contribution in [0.2, 0.25) is 0 Å². The Kier molecular flexibility index (Phi) is 7.11. The van der Waals surface area contributed by atoms with Crippen LogP contribution in [0.25, 0.3) is 0 Å². The van der Waals surface area contributed by atoms with Crippen LogP contribution in [0.1, 0.15) is 6.92 Å². The van der Waals surface area contributed by atoms with Gasteiger partial charge in [0.15, 0.2) is 0 Å². The molecule has 5 heteroatoms. The Hall–Kier alpha value is -2.53. The molecule has 0 aliphatic rings. The maximum absolute atomic E-state index is 12.2. The molecule has 2 aromatic rings. The van der Waals surface area contributed by atoms with Gasteiger partial charge in [-0.25, -0.2) is 0 Å². The monoisotopic (exact) mass is 328 g/mol. The number of amides is 1. The second kappa shape index (κ2) is 9.57. The molecule has 0 saturated heterocycles. The summed E-state index contributed by atoms with van der Waals surface area (Å²) in [4.78, 5) is 13.8. The van der Waals surface area contributed by atoms with Gasteiger partial charge in [0.25, 0.3) is 0 Å². The van der Waals surface area contributed by atoms with Crippen LogP contribution >= 0.6 is 0 Å². The lowest BCUT2D eigenvalue weighted by atomic mass is 10.3. The first-order valence-corrected chi connectivity index (χ1v) is 8.06. The largest absolute Gasteiger partial charge is 0.491 e. The summed E-state index contributed by atoms with van der Waals surface area (Å²) in [6.45, 7) is 3.99. The molecule has 5 nitrogen and oxygen atoms in total. The topological polar surface area (TPSA) is 50.8 Å². The van der Waals surface area contributed by atoms with E-state index in [2.05, 4.69) is 5.32 Å². The number of carbonyl (C=O) groups excluding carboxylic acids is 1. The number of nitrogens with one attached hydrogen (secondary N) is 1. The molecule has 0 unspecified atom stereocenters. The van der Waals surface area contributed by atoms with E-state index in [-0.39, 0.29) is 12.5 Å². The average Bonchev–Trinajstić information content (AvgIpc) is 2.64. The number of hydrogen-bond acceptors (Lipinski definition) is 4. The highest BCUT2D eigenvalue weighted by Crippen LogP contribution is 2.16. The minimum atomic E-state index is -0.00163. The Balaban J connectivity index is 1.78. The zero-order valence-electron chi connectivity index (χ0n) is 14.2. The third-order valence-electron chi connectivity index (χ3n) is 3.52. The second-order valence-electron chi connectivity index (χ2n) is 5.21. The molecule has 2 aromatic carbocycles. The minimum absolute atomic E-state index is 0.00163. The molecular formula is C19H24N2O3. The molecule has 0 spiro atoms. The summed E-state index contributed by atoms with van der Waals surface area (Å²) < 4.78 is 10.8. The van der Waals surface area contributed by atoms with E-state index in [1.807, 2.05) is 61.5 Å². The fourth-order valence-corrected chi connectivity index (χ4v) is 2.12. The SMILES string of the molecule is CCOCCOc1ccc(NCC(=O)N(C)c2ccccc2)cc1. The first kappa shape index (κ1) is 17.8. The Morgan fingerprint density at radius 2 is 1.75 bits per heavy atom. The summed E-state index contributed by atoms with van der Waals surface area (Å²) in [6, 6.07) is 17.1. The lowest BCUT2D eigenvalue weighted by Crippen LogP contribution is -2.32. The molecule has 0 atom stereocenters. The molecule has 24 heavy (non-hydrogen) atoms. The standard InChI is InChI=1S/C19H24N2O3/c1-3-23-13-14-24-18-11-9-16(10-12-18)20-15-19(22)21(2)17-7-5-4-6-8-17/h4-12,20H,3,13-15H2,1-2H3. The molecule has 0 aliphatic heterocycles. The number of para-hydroxylation sites is 1. The highest BCUT2D eigenvalue weighted by Gasteiger charge is 2.09. The molecule has 1 amide bonds. The Morgan fingerprint density at radius 1 is 1.04 bits per heavy atom.